The highest BCUT2D eigenvalue weighted by molar-refractivity contribution is 5.68. The number of halogens is 1. The number of aryl methyl sites for hydroxylation is 1. The van der Waals surface area contributed by atoms with E-state index in [9.17, 15) is 0 Å². The molecule has 1 radical (unpaired) electrons. The quantitative estimate of drug-likeness (QED) is 0.537. The summed E-state index contributed by atoms with van der Waals surface area (Å²) in [5.74, 6) is 0. The number of nitrogens with zero attached hydrogens (tertiary/aromatic N) is 3. The zero-order valence-corrected chi connectivity index (χ0v) is 12.4. The summed E-state index contributed by atoms with van der Waals surface area (Å²) in [5.41, 5.74) is 10.6. The van der Waals surface area contributed by atoms with Crippen LogP contribution < -0.4 is 38.7 Å². The Labute approximate surface area is 124 Å². The summed E-state index contributed by atoms with van der Waals surface area (Å²) in [4.78, 5) is 11.3. The van der Waals surface area contributed by atoms with Crippen molar-refractivity contribution in [3.63, 3.8) is 0 Å². The molecule has 2 aromatic rings. The number of nitrogen functional groups attached to an aromatic ring is 1. The van der Waals surface area contributed by atoms with Gasteiger partial charge in [-0.2, -0.15) is 0 Å². The van der Waals surface area contributed by atoms with Crippen molar-refractivity contribution in [2.45, 2.75) is 6.92 Å². The van der Waals surface area contributed by atoms with Crippen molar-refractivity contribution in [2.75, 3.05) is 24.7 Å². The van der Waals surface area contributed by atoms with Crippen LogP contribution in [-0.4, -0.2) is 14.1 Å². The van der Waals surface area contributed by atoms with Crippen LogP contribution >= 0.6 is 0 Å². The van der Waals surface area contributed by atoms with Gasteiger partial charge in [-0.25, -0.2) is 4.99 Å². The second-order valence-corrected chi connectivity index (χ2v) is 4.99. The third-order valence-corrected chi connectivity index (χ3v) is 3.32. The van der Waals surface area contributed by atoms with Crippen LogP contribution in [0, 0.1) is 6.92 Å². The molecular formula is C15H16ClN4. The molecule has 0 saturated carbocycles. The molecule has 0 spiro atoms. The van der Waals surface area contributed by atoms with Crippen LogP contribution in [0.25, 0.3) is 0 Å². The molecule has 1 heterocycles. The maximum absolute atomic E-state index is 5.93. The van der Waals surface area contributed by atoms with E-state index >= 15 is 0 Å². The Morgan fingerprint density at radius 2 is 1.90 bits per heavy atom. The van der Waals surface area contributed by atoms with E-state index in [1.54, 1.807) is 0 Å². The number of anilines is 2. The molecule has 2 N–H and O–H groups in total. The van der Waals surface area contributed by atoms with E-state index in [0.29, 0.717) is 0 Å². The highest BCUT2D eigenvalue weighted by atomic mass is 35.5. The highest BCUT2D eigenvalue weighted by Gasteiger charge is 2.18. The predicted molar refractivity (Wildman–Crippen MR) is 77.7 cm³/mol. The van der Waals surface area contributed by atoms with E-state index < -0.39 is 0 Å². The molecule has 5 heteroatoms. The van der Waals surface area contributed by atoms with E-state index in [1.807, 2.05) is 51.4 Å². The molecule has 20 heavy (non-hydrogen) atoms. The van der Waals surface area contributed by atoms with Crippen molar-refractivity contribution >= 4 is 22.7 Å². The largest absolute Gasteiger partial charge is 1.00 e. The van der Waals surface area contributed by atoms with Gasteiger partial charge in [0.25, 0.3) is 0 Å². The van der Waals surface area contributed by atoms with Gasteiger partial charge in [-0.1, -0.05) is 0 Å². The van der Waals surface area contributed by atoms with Crippen LogP contribution in [0.4, 0.5) is 22.7 Å². The second kappa shape index (κ2) is 5.13. The van der Waals surface area contributed by atoms with Crippen molar-refractivity contribution < 1.29 is 12.4 Å². The number of hydrogen-bond acceptors (Lipinski definition) is 4. The van der Waals surface area contributed by atoms with E-state index in [1.165, 1.54) is 0 Å². The maximum atomic E-state index is 5.93. The van der Waals surface area contributed by atoms with Crippen molar-refractivity contribution in [3.8, 4) is 0 Å². The number of rotatable bonds is 1. The number of benzene rings is 2. The van der Waals surface area contributed by atoms with Crippen LogP contribution in [-0.2, 0) is 0 Å². The first-order valence-electron chi connectivity index (χ1n) is 6.19. The van der Waals surface area contributed by atoms with Crippen molar-refractivity contribution in [2.24, 2.45) is 4.99 Å². The second-order valence-electron chi connectivity index (χ2n) is 4.99. The molecule has 0 aliphatic carbocycles. The Morgan fingerprint density at radius 1 is 1.15 bits per heavy atom. The lowest BCUT2D eigenvalue weighted by molar-refractivity contribution is -0.00000409. The molecule has 0 amide bonds. The average Bonchev–Trinajstić information content (AvgIpc) is 2.37. The summed E-state index contributed by atoms with van der Waals surface area (Å²) in [6, 6.07) is 9.96. The minimum absolute atomic E-state index is 0. The predicted octanol–water partition coefficient (Wildman–Crippen LogP) is -1.80. The fourth-order valence-electron chi connectivity index (χ4n) is 2.11. The fraction of sp³-hybridized carbons (Fsp3) is 0.200. The number of hydrogen-bond donors (Lipinski definition) is 1. The van der Waals surface area contributed by atoms with Crippen molar-refractivity contribution in [3.05, 3.63) is 46.6 Å². The van der Waals surface area contributed by atoms with E-state index in [2.05, 4.69) is 14.9 Å². The standard InChI is InChI=1S/C15H16N4.ClH/c1-9-6-13-15(8-11(9)16)18-14-7-10(19(2)3)4-5-12(14)17-13;/h4-8H,16H2,1-3H3;1H/q+1;/p-1. The summed E-state index contributed by atoms with van der Waals surface area (Å²) >= 11 is 0. The Morgan fingerprint density at radius 3 is 2.60 bits per heavy atom. The lowest BCUT2D eigenvalue weighted by Crippen LogP contribution is -3.00. The average molecular weight is 288 g/mol. The van der Waals surface area contributed by atoms with Gasteiger partial charge in [0.2, 0.25) is 0 Å². The molecule has 2 aromatic carbocycles. The monoisotopic (exact) mass is 287 g/mol. The lowest BCUT2D eigenvalue weighted by atomic mass is 10.1. The molecule has 0 unspecified atom stereocenters. The van der Waals surface area contributed by atoms with Crippen LogP contribution in [0.15, 0.2) is 35.3 Å². The van der Waals surface area contributed by atoms with Crippen LogP contribution in [0.3, 0.4) is 0 Å². The number of nitrogens with two attached hydrogens (primary N) is 1. The van der Waals surface area contributed by atoms with Crippen LogP contribution in [0.1, 0.15) is 5.56 Å². The Balaban J connectivity index is 0.00000147. The van der Waals surface area contributed by atoms with Gasteiger partial charge in [0.15, 0.2) is 0 Å². The van der Waals surface area contributed by atoms with Gasteiger partial charge in [0, 0.05) is 37.6 Å². The molecule has 103 valence electrons. The fourth-order valence-corrected chi connectivity index (χ4v) is 2.11. The van der Waals surface area contributed by atoms with E-state index in [-0.39, 0.29) is 12.4 Å². The van der Waals surface area contributed by atoms with Gasteiger partial charge >= 0.3 is 11.0 Å². The molecule has 3 rings (SSSR count). The summed E-state index contributed by atoms with van der Waals surface area (Å²) < 4.78 is 0. The Bertz CT molecular complexity index is 781. The molecule has 0 atom stereocenters. The maximum Gasteiger partial charge on any atom is 0.305 e. The normalized spacial score (nSPS) is 11.3. The van der Waals surface area contributed by atoms with Gasteiger partial charge in [0.1, 0.15) is 11.0 Å². The first-order valence-corrected chi connectivity index (χ1v) is 6.19. The number of fused-ring (bicyclic) bond motifs is 2. The van der Waals surface area contributed by atoms with E-state index in [0.717, 1.165) is 39.0 Å². The molecule has 1 aliphatic rings. The smallest absolute Gasteiger partial charge is 0.305 e. The molecule has 0 fully saturated rings. The van der Waals surface area contributed by atoms with Crippen molar-refractivity contribution in [1.82, 2.24) is 4.99 Å². The minimum Gasteiger partial charge on any atom is -1.00 e. The first kappa shape index (κ1) is 14.3. The zero-order valence-electron chi connectivity index (χ0n) is 11.7. The third kappa shape index (κ3) is 2.34. The summed E-state index contributed by atoms with van der Waals surface area (Å²) in [6.45, 7) is 1.98. The van der Waals surface area contributed by atoms with Crippen LogP contribution in [0.5, 0.6) is 0 Å². The molecule has 0 aromatic heterocycles. The van der Waals surface area contributed by atoms with Gasteiger partial charge in [-0.15, -0.1) is 0 Å². The first-order chi connectivity index (χ1) is 9.04. The Hall–Kier alpha value is -2.07. The highest BCUT2D eigenvalue weighted by Crippen LogP contribution is 2.28. The summed E-state index contributed by atoms with van der Waals surface area (Å²) in [7, 11) is 4.02. The molecule has 4 nitrogen and oxygen atoms in total. The minimum atomic E-state index is 0. The van der Waals surface area contributed by atoms with Crippen LogP contribution in [0.2, 0.25) is 0 Å². The third-order valence-electron chi connectivity index (χ3n) is 3.32. The Kier molecular flexibility index (Phi) is 3.68. The van der Waals surface area contributed by atoms with Gasteiger partial charge in [-0.05, 0) is 30.7 Å². The van der Waals surface area contributed by atoms with E-state index in [4.69, 9.17) is 5.73 Å². The molecular weight excluding hydrogens is 272 g/mol. The van der Waals surface area contributed by atoms with Gasteiger partial charge < -0.3 is 23.0 Å². The SMILES string of the molecule is Cc1cc2c(cc1N)=[N+]c1cc(N(C)C)ccc1N=2.[Cl-]. The topological polar surface area (TPSA) is 55.7 Å². The molecule has 0 bridgehead atoms. The van der Waals surface area contributed by atoms with Crippen molar-refractivity contribution in [1.29, 1.82) is 0 Å². The molecule has 1 aliphatic heterocycles. The summed E-state index contributed by atoms with van der Waals surface area (Å²) in [6.07, 6.45) is 0. The lowest BCUT2D eigenvalue weighted by Gasteiger charge is -2.11. The van der Waals surface area contributed by atoms with Gasteiger partial charge in [0.05, 0.1) is 4.99 Å². The zero-order chi connectivity index (χ0) is 13.6. The molecule has 0 saturated heterocycles. The van der Waals surface area contributed by atoms with Gasteiger partial charge in [-0.3, -0.25) is 0 Å². The summed E-state index contributed by atoms with van der Waals surface area (Å²) in [5, 5.41) is 1.73.